The van der Waals surface area contributed by atoms with Crippen molar-refractivity contribution >= 4 is 11.9 Å². The smallest absolute Gasteiger partial charge is 0.319 e. The van der Waals surface area contributed by atoms with Gasteiger partial charge < -0.3 is 20.6 Å². The predicted octanol–water partition coefficient (Wildman–Crippen LogP) is 0.983. The summed E-state index contributed by atoms with van der Waals surface area (Å²) in [5.74, 6) is -0.185. The van der Waals surface area contributed by atoms with Crippen LogP contribution in [-0.2, 0) is 11.3 Å². The molecule has 1 heterocycles. The number of carbonyl (C=O) groups is 2. The van der Waals surface area contributed by atoms with Gasteiger partial charge in [-0.15, -0.1) is 0 Å². The highest BCUT2D eigenvalue weighted by molar-refractivity contribution is 5.98. The lowest BCUT2D eigenvalue weighted by molar-refractivity contribution is -0.128. The molecule has 0 fully saturated rings. The quantitative estimate of drug-likeness (QED) is 0.758. The van der Waals surface area contributed by atoms with Gasteiger partial charge in [-0.2, -0.15) is 0 Å². The molecule has 0 bridgehead atoms. The molecule has 0 aromatic heterocycles. The summed E-state index contributed by atoms with van der Waals surface area (Å²) in [7, 11) is 0. The number of nitrogens with one attached hydrogen (secondary N) is 2. The Hall–Kier alpha value is -2.34. The van der Waals surface area contributed by atoms with E-state index in [9.17, 15) is 14.7 Å². The number of hydrogen-bond donors (Lipinski definition) is 3. The van der Waals surface area contributed by atoms with E-state index in [1.807, 2.05) is 30.3 Å². The maximum Gasteiger partial charge on any atom is 0.319 e. The van der Waals surface area contributed by atoms with Gasteiger partial charge in [-0.3, -0.25) is 4.79 Å². The van der Waals surface area contributed by atoms with Crippen molar-refractivity contribution in [2.24, 2.45) is 0 Å². The molecule has 3 N–H and O–H groups in total. The molecule has 118 valence electrons. The zero-order valence-corrected chi connectivity index (χ0v) is 12.8. The van der Waals surface area contributed by atoms with Crippen molar-refractivity contribution in [2.45, 2.75) is 26.4 Å². The number of benzene rings is 1. The second-order valence-corrected chi connectivity index (χ2v) is 5.29. The molecule has 1 aliphatic rings. The van der Waals surface area contributed by atoms with E-state index >= 15 is 0 Å². The van der Waals surface area contributed by atoms with Crippen LogP contribution in [0.25, 0.3) is 0 Å². The number of allylic oxidation sites excluding steroid dienone is 1. The first-order chi connectivity index (χ1) is 10.5. The van der Waals surface area contributed by atoms with Crippen LogP contribution in [-0.4, -0.2) is 41.1 Å². The van der Waals surface area contributed by atoms with Crippen LogP contribution in [0.1, 0.15) is 19.4 Å². The van der Waals surface area contributed by atoms with Gasteiger partial charge in [0.15, 0.2) is 0 Å². The first-order valence-electron chi connectivity index (χ1n) is 7.25. The lowest BCUT2D eigenvalue weighted by Crippen LogP contribution is -2.50. The minimum Gasteiger partial charge on any atom is -0.395 e. The molecule has 0 aliphatic carbocycles. The van der Waals surface area contributed by atoms with Crippen LogP contribution >= 0.6 is 0 Å². The Bertz CT molecular complexity index is 584. The third-order valence-electron chi connectivity index (χ3n) is 3.59. The monoisotopic (exact) mass is 303 g/mol. The van der Waals surface area contributed by atoms with E-state index in [0.717, 1.165) is 5.56 Å². The average Bonchev–Trinajstić information content (AvgIpc) is 2.46. The molecule has 6 nitrogen and oxygen atoms in total. The molecule has 0 spiro atoms. The molecule has 2 rings (SSSR count). The molecule has 1 aromatic carbocycles. The van der Waals surface area contributed by atoms with Crippen molar-refractivity contribution < 1.29 is 14.7 Å². The summed E-state index contributed by atoms with van der Waals surface area (Å²) in [6.07, 6.45) is 0. The van der Waals surface area contributed by atoms with Crippen LogP contribution in [0.5, 0.6) is 0 Å². The van der Waals surface area contributed by atoms with E-state index in [1.54, 1.807) is 18.7 Å². The van der Waals surface area contributed by atoms with Crippen LogP contribution in [0.15, 0.2) is 41.6 Å². The third kappa shape index (κ3) is 3.65. The summed E-state index contributed by atoms with van der Waals surface area (Å²) < 4.78 is 0. The van der Waals surface area contributed by atoms with Gasteiger partial charge in [0, 0.05) is 18.8 Å². The average molecular weight is 303 g/mol. The molecule has 22 heavy (non-hydrogen) atoms. The number of aliphatic hydroxyl groups excluding tert-OH is 1. The van der Waals surface area contributed by atoms with Gasteiger partial charge in [0.05, 0.1) is 18.2 Å². The maximum absolute atomic E-state index is 12.8. The summed E-state index contributed by atoms with van der Waals surface area (Å²) in [5.41, 5.74) is 2.06. The Morgan fingerprint density at radius 2 is 2.00 bits per heavy atom. The Balaban J connectivity index is 2.22. The van der Waals surface area contributed by atoms with Gasteiger partial charge >= 0.3 is 6.03 Å². The highest BCUT2D eigenvalue weighted by Gasteiger charge is 2.29. The number of nitrogens with zero attached hydrogens (tertiary/aromatic N) is 1. The zero-order chi connectivity index (χ0) is 16.1. The van der Waals surface area contributed by atoms with Crippen LogP contribution in [0.4, 0.5) is 4.79 Å². The Kier molecular flexibility index (Phi) is 5.16. The maximum atomic E-state index is 12.8. The summed E-state index contributed by atoms with van der Waals surface area (Å²) in [6, 6.07) is 8.93. The molecule has 0 saturated heterocycles. The standard InChI is InChI=1S/C16H21N3O3/c1-11-14(12(2)18-16(22)17-11)15(21)19(8-9-20)10-13-6-4-3-5-7-13/h3-7,11,20H,8-10H2,1-2H3,(H2,17,18,22). The van der Waals surface area contributed by atoms with Gasteiger partial charge in [0.25, 0.3) is 5.91 Å². The van der Waals surface area contributed by atoms with E-state index in [2.05, 4.69) is 10.6 Å². The summed E-state index contributed by atoms with van der Waals surface area (Å²) in [4.78, 5) is 25.8. The van der Waals surface area contributed by atoms with Crippen molar-refractivity contribution in [3.63, 3.8) is 0 Å². The fourth-order valence-corrected chi connectivity index (χ4v) is 2.56. The Labute approximate surface area is 129 Å². The molecule has 1 aliphatic heterocycles. The largest absolute Gasteiger partial charge is 0.395 e. The normalized spacial score (nSPS) is 17.8. The van der Waals surface area contributed by atoms with E-state index in [4.69, 9.17) is 0 Å². The van der Waals surface area contributed by atoms with Crippen LogP contribution in [0.3, 0.4) is 0 Å². The number of urea groups is 1. The number of amides is 3. The molecule has 0 saturated carbocycles. The Morgan fingerprint density at radius 3 is 2.59 bits per heavy atom. The molecular formula is C16H21N3O3. The lowest BCUT2D eigenvalue weighted by atomic mass is 10.0. The number of hydrogen-bond acceptors (Lipinski definition) is 3. The Morgan fingerprint density at radius 1 is 1.32 bits per heavy atom. The summed E-state index contributed by atoms with van der Waals surface area (Å²) >= 11 is 0. The lowest BCUT2D eigenvalue weighted by Gasteiger charge is -2.30. The third-order valence-corrected chi connectivity index (χ3v) is 3.59. The molecule has 0 radical (unpaired) electrons. The van der Waals surface area contributed by atoms with Crippen molar-refractivity contribution in [3.05, 3.63) is 47.2 Å². The van der Waals surface area contributed by atoms with Crippen LogP contribution in [0, 0.1) is 0 Å². The van der Waals surface area contributed by atoms with Crippen molar-refractivity contribution in [2.75, 3.05) is 13.2 Å². The minimum atomic E-state index is -0.363. The molecular weight excluding hydrogens is 282 g/mol. The first-order valence-corrected chi connectivity index (χ1v) is 7.25. The molecule has 1 atom stereocenters. The van der Waals surface area contributed by atoms with E-state index in [1.165, 1.54) is 0 Å². The minimum absolute atomic E-state index is 0.112. The van der Waals surface area contributed by atoms with E-state index < -0.39 is 0 Å². The molecule has 1 unspecified atom stereocenters. The SMILES string of the molecule is CC1=C(C(=O)N(CCO)Cc2ccccc2)C(C)NC(=O)N1. The van der Waals surface area contributed by atoms with Crippen molar-refractivity contribution in [1.82, 2.24) is 15.5 Å². The molecule has 1 aromatic rings. The fourth-order valence-electron chi connectivity index (χ4n) is 2.56. The van der Waals surface area contributed by atoms with E-state index in [0.29, 0.717) is 17.8 Å². The first kappa shape index (κ1) is 16.0. The van der Waals surface area contributed by atoms with Crippen molar-refractivity contribution in [3.8, 4) is 0 Å². The number of aliphatic hydroxyl groups is 1. The van der Waals surface area contributed by atoms with Crippen LogP contribution < -0.4 is 10.6 Å². The fraction of sp³-hybridized carbons (Fsp3) is 0.375. The summed E-state index contributed by atoms with van der Waals surface area (Å²) in [6.45, 7) is 4.03. The summed E-state index contributed by atoms with van der Waals surface area (Å²) in [5, 5.41) is 14.5. The van der Waals surface area contributed by atoms with Crippen LogP contribution in [0.2, 0.25) is 0 Å². The van der Waals surface area contributed by atoms with Gasteiger partial charge in [-0.1, -0.05) is 30.3 Å². The number of rotatable bonds is 5. The highest BCUT2D eigenvalue weighted by Crippen LogP contribution is 2.16. The zero-order valence-electron chi connectivity index (χ0n) is 12.8. The predicted molar refractivity (Wildman–Crippen MR) is 82.8 cm³/mol. The van der Waals surface area contributed by atoms with Crippen molar-refractivity contribution in [1.29, 1.82) is 0 Å². The highest BCUT2D eigenvalue weighted by atomic mass is 16.3. The molecule has 6 heteroatoms. The second kappa shape index (κ2) is 7.09. The molecule has 3 amide bonds. The second-order valence-electron chi connectivity index (χ2n) is 5.29. The van der Waals surface area contributed by atoms with Gasteiger partial charge in [-0.25, -0.2) is 4.79 Å². The van der Waals surface area contributed by atoms with Gasteiger partial charge in [0.1, 0.15) is 0 Å². The topological polar surface area (TPSA) is 81.7 Å². The van der Waals surface area contributed by atoms with Gasteiger partial charge in [0.2, 0.25) is 0 Å². The van der Waals surface area contributed by atoms with Gasteiger partial charge in [-0.05, 0) is 19.4 Å². The number of carbonyl (C=O) groups excluding carboxylic acids is 2. The van der Waals surface area contributed by atoms with E-state index in [-0.39, 0.29) is 31.1 Å².